The molecule has 0 bridgehead atoms. The SMILES string of the molecule is CCOC(=O)c1cc(C#N)c(=S)[nH]c1[O-].CC[NH+](CC)CC. The van der Waals surface area contributed by atoms with Gasteiger partial charge in [0.05, 0.1) is 37.4 Å². The zero-order chi connectivity index (χ0) is 17.1. The Morgan fingerprint density at radius 2 is 1.91 bits per heavy atom. The van der Waals surface area contributed by atoms with E-state index >= 15 is 0 Å². The highest BCUT2D eigenvalue weighted by Gasteiger charge is 2.09. The van der Waals surface area contributed by atoms with E-state index in [1.165, 1.54) is 19.6 Å². The van der Waals surface area contributed by atoms with Crippen LogP contribution in [0.2, 0.25) is 0 Å². The topological polar surface area (TPSA) is 93.4 Å². The van der Waals surface area contributed by atoms with E-state index in [-0.39, 0.29) is 22.4 Å². The third-order valence-corrected chi connectivity index (χ3v) is 3.44. The lowest BCUT2D eigenvalue weighted by Gasteiger charge is -2.12. The molecule has 122 valence electrons. The number of hydrogen-bond donors (Lipinski definition) is 2. The van der Waals surface area contributed by atoms with Gasteiger partial charge >= 0.3 is 5.97 Å². The van der Waals surface area contributed by atoms with Crippen molar-refractivity contribution < 1.29 is 19.5 Å². The highest BCUT2D eigenvalue weighted by Crippen LogP contribution is 2.14. The van der Waals surface area contributed by atoms with Gasteiger partial charge in [-0.25, -0.2) is 4.79 Å². The van der Waals surface area contributed by atoms with Gasteiger partial charge in [-0.1, -0.05) is 12.2 Å². The van der Waals surface area contributed by atoms with Gasteiger partial charge in [0.1, 0.15) is 10.7 Å². The number of esters is 1. The van der Waals surface area contributed by atoms with Gasteiger partial charge in [0.25, 0.3) is 0 Å². The van der Waals surface area contributed by atoms with Gasteiger partial charge in [0.15, 0.2) is 0 Å². The number of nitrogens with one attached hydrogen (secondary N) is 2. The highest BCUT2D eigenvalue weighted by atomic mass is 32.1. The van der Waals surface area contributed by atoms with Gasteiger partial charge < -0.3 is 19.7 Å². The summed E-state index contributed by atoms with van der Waals surface area (Å²) in [5.74, 6) is -1.40. The van der Waals surface area contributed by atoms with Crippen molar-refractivity contribution in [2.45, 2.75) is 27.7 Å². The maximum absolute atomic E-state index is 11.3. The fourth-order valence-corrected chi connectivity index (χ4v) is 1.90. The summed E-state index contributed by atoms with van der Waals surface area (Å²) in [6, 6.07) is 2.92. The number of nitriles is 1. The number of rotatable bonds is 5. The van der Waals surface area contributed by atoms with Crippen molar-refractivity contribution in [2.24, 2.45) is 0 Å². The lowest BCUT2D eigenvalue weighted by Crippen LogP contribution is -3.11. The quantitative estimate of drug-likeness (QED) is 0.617. The molecular formula is C15H23N3O3S. The van der Waals surface area contributed by atoms with E-state index in [1.807, 2.05) is 0 Å². The van der Waals surface area contributed by atoms with Gasteiger partial charge in [-0.2, -0.15) is 5.26 Å². The normalized spacial score (nSPS) is 9.64. The maximum Gasteiger partial charge on any atom is 0.339 e. The Morgan fingerprint density at radius 1 is 1.36 bits per heavy atom. The van der Waals surface area contributed by atoms with E-state index in [4.69, 9.17) is 17.5 Å². The molecule has 0 amide bonds. The third kappa shape index (κ3) is 6.24. The van der Waals surface area contributed by atoms with Crippen LogP contribution in [-0.4, -0.2) is 37.2 Å². The number of aromatic amines is 1. The molecule has 0 aliphatic carbocycles. The molecule has 0 atom stereocenters. The third-order valence-electron chi connectivity index (χ3n) is 3.12. The predicted octanol–water partition coefficient (Wildman–Crippen LogP) is 0.797. The standard InChI is InChI=1S/C9H8N2O3S.C6H15N/c1-2-14-9(13)6-3-5(4-10)8(15)11-7(6)12;1-4-7(5-2)6-3/h3H,2H2,1H3,(H2,11,12,15);4-6H2,1-3H3. The van der Waals surface area contributed by atoms with Crippen LogP contribution in [-0.2, 0) is 4.74 Å². The van der Waals surface area contributed by atoms with Crippen molar-refractivity contribution in [3.05, 3.63) is 21.8 Å². The Bertz CT molecular complexity index is 569. The van der Waals surface area contributed by atoms with Gasteiger partial charge in [0, 0.05) is 0 Å². The van der Waals surface area contributed by atoms with E-state index < -0.39 is 11.8 Å². The molecule has 0 aliphatic heterocycles. The Hall–Kier alpha value is -1.91. The Balaban J connectivity index is 0.000000534. The minimum absolute atomic E-state index is 0.0237. The number of aromatic nitrogens is 1. The zero-order valence-electron chi connectivity index (χ0n) is 13.5. The average molecular weight is 325 g/mol. The molecule has 0 aliphatic rings. The molecule has 1 heterocycles. The van der Waals surface area contributed by atoms with Crippen LogP contribution in [0.25, 0.3) is 0 Å². The van der Waals surface area contributed by atoms with Crippen molar-refractivity contribution in [3.8, 4) is 11.9 Å². The van der Waals surface area contributed by atoms with E-state index in [9.17, 15) is 9.90 Å². The Morgan fingerprint density at radius 3 is 2.27 bits per heavy atom. The molecule has 0 saturated heterocycles. The molecule has 2 N–H and O–H groups in total. The molecule has 0 fully saturated rings. The molecule has 22 heavy (non-hydrogen) atoms. The number of hydrogen-bond acceptors (Lipinski definition) is 5. The lowest BCUT2D eigenvalue weighted by atomic mass is 10.2. The van der Waals surface area contributed by atoms with Crippen LogP contribution in [0.3, 0.4) is 0 Å². The second kappa shape index (κ2) is 10.8. The summed E-state index contributed by atoms with van der Waals surface area (Å²) < 4.78 is 4.67. The largest absolute Gasteiger partial charge is 0.860 e. The van der Waals surface area contributed by atoms with Crippen molar-refractivity contribution in [2.75, 3.05) is 26.2 Å². The molecule has 6 nitrogen and oxygen atoms in total. The van der Waals surface area contributed by atoms with Crippen LogP contribution in [0.4, 0.5) is 0 Å². The highest BCUT2D eigenvalue weighted by molar-refractivity contribution is 7.71. The summed E-state index contributed by atoms with van der Waals surface area (Å²) in [5.41, 5.74) is -0.130. The second-order valence-electron chi connectivity index (χ2n) is 4.40. The minimum Gasteiger partial charge on any atom is -0.860 e. The molecule has 1 aromatic heterocycles. The summed E-state index contributed by atoms with van der Waals surface area (Å²) in [7, 11) is 0. The second-order valence-corrected chi connectivity index (χ2v) is 4.81. The number of H-pyrrole nitrogens is 1. The van der Waals surface area contributed by atoms with E-state index in [1.54, 1.807) is 17.9 Å². The number of carbonyl (C=O) groups excluding carboxylic acids is 1. The first-order chi connectivity index (χ1) is 10.4. The number of nitrogens with zero attached hydrogens (tertiary/aromatic N) is 1. The molecule has 7 heteroatoms. The van der Waals surface area contributed by atoms with Crippen molar-refractivity contribution in [1.29, 1.82) is 5.26 Å². The lowest BCUT2D eigenvalue weighted by molar-refractivity contribution is -0.894. The first kappa shape index (κ1) is 20.1. The Kier molecular flexibility index (Phi) is 9.83. The van der Waals surface area contributed by atoms with Crippen LogP contribution in [0.15, 0.2) is 6.07 Å². The van der Waals surface area contributed by atoms with Crippen LogP contribution >= 0.6 is 12.2 Å². The fourth-order valence-electron chi connectivity index (χ4n) is 1.71. The number of quaternary nitrogens is 1. The number of pyridine rings is 1. The van der Waals surface area contributed by atoms with Crippen LogP contribution < -0.4 is 10.0 Å². The number of ether oxygens (including phenoxy) is 1. The van der Waals surface area contributed by atoms with E-state index in [0.29, 0.717) is 0 Å². The van der Waals surface area contributed by atoms with Crippen molar-refractivity contribution in [3.63, 3.8) is 0 Å². The van der Waals surface area contributed by atoms with Crippen LogP contribution in [0.5, 0.6) is 5.88 Å². The van der Waals surface area contributed by atoms with Crippen molar-refractivity contribution in [1.82, 2.24) is 4.98 Å². The summed E-state index contributed by atoms with van der Waals surface area (Å²) in [4.78, 5) is 15.2. The van der Waals surface area contributed by atoms with Gasteiger partial charge in [-0.3, -0.25) is 0 Å². The van der Waals surface area contributed by atoms with Gasteiger partial charge in [-0.05, 0) is 39.6 Å². The minimum atomic E-state index is -0.759. The number of carbonyl (C=O) groups is 1. The maximum atomic E-state index is 11.3. The first-order valence-corrected chi connectivity index (χ1v) is 7.70. The van der Waals surface area contributed by atoms with E-state index in [0.717, 1.165) is 6.07 Å². The average Bonchev–Trinajstić information content (AvgIpc) is 2.50. The summed E-state index contributed by atoms with van der Waals surface area (Å²) in [6.45, 7) is 12.3. The predicted molar refractivity (Wildman–Crippen MR) is 84.3 cm³/mol. The van der Waals surface area contributed by atoms with Crippen LogP contribution in [0, 0.1) is 16.0 Å². The molecule has 1 aromatic rings. The Labute approximate surface area is 136 Å². The first-order valence-electron chi connectivity index (χ1n) is 7.30. The molecule has 0 aromatic carbocycles. The van der Waals surface area contributed by atoms with Gasteiger partial charge in [0.2, 0.25) is 0 Å². The summed E-state index contributed by atoms with van der Waals surface area (Å²) in [5, 5.41) is 19.9. The summed E-state index contributed by atoms with van der Waals surface area (Å²) >= 11 is 4.72. The molecule has 0 unspecified atom stereocenters. The monoisotopic (exact) mass is 325 g/mol. The fraction of sp³-hybridized carbons (Fsp3) is 0.533. The smallest absolute Gasteiger partial charge is 0.339 e. The molecule has 0 spiro atoms. The van der Waals surface area contributed by atoms with Crippen LogP contribution in [0.1, 0.15) is 43.6 Å². The van der Waals surface area contributed by atoms with Crippen molar-refractivity contribution >= 4 is 18.2 Å². The van der Waals surface area contributed by atoms with Gasteiger partial charge in [-0.15, -0.1) is 0 Å². The van der Waals surface area contributed by atoms with E-state index in [2.05, 4.69) is 30.5 Å². The molecule has 0 saturated carbocycles. The summed E-state index contributed by atoms with van der Waals surface area (Å²) in [6.07, 6.45) is 0. The molecule has 0 radical (unpaired) electrons. The molecule has 1 rings (SSSR count). The zero-order valence-corrected chi connectivity index (χ0v) is 14.3. The molecular weight excluding hydrogens is 302 g/mol.